The van der Waals surface area contributed by atoms with Gasteiger partial charge in [0, 0.05) is 35.9 Å². The van der Waals surface area contributed by atoms with Gasteiger partial charge in [-0.2, -0.15) is 5.26 Å². The summed E-state index contributed by atoms with van der Waals surface area (Å²) in [6, 6.07) is 14.5. The van der Waals surface area contributed by atoms with Gasteiger partial charge in [-0.05, 0) is 36.4 Å². The Hall–Kier alpha value is -2.03. The first-order valence-electron chi connectivity index (χ1n) is 7.00. The van der Waals surface area contributed by atoms with Gasteiger partial charge in [0.15, 0.2) is 0 Å². The number of rotatable bonds is 4. The summed E-state index contributed by atoms with van der Waals surface area (Å²) < 4.78 is 5.37. The van der Waals surface area contributed by atoms with E-state index >= 15 is 0 Å². The zero-order chi connectivity index (χ0) is 14.5. The normalized spacial score (nSPS) is 14.7. The molecule has 2 heterocycles. The molecule has 1 aromatic carbocycles. The molecule has 0 spiro atoms. The van der Waals surface area contributed by atoms with Gasteiger partial charge in [-0.15, -0.1) is 11.3 Å². The molecule has 108 valence electrons. The highest BCUT2D eigenvalue weighted by Gasteiger charge is 2.10. The van der Waals surface area contributed by atoms with E-state index in [1.165, 1.54) is 21.9 Å². The van der Waals surface area contributed by atoms with E-state index in [1.807, 2.05) is 12.1 Å². The van der Waals surface area contributed by atoms with E-state index in [0.29, 0.717) is 0 Å². The van der Waals surface area contributed by atoms with Gasteiger partial charge < -0.3 is 15.0 Å². The highest BCUT2D eigenvalue weighted by molar-refractivity contribution is 7.12. The van der Waals surface area contributed by atoms with Gasteiger partial charge in [0.2, 0.25) is 0 Å². The molecule has 3 rings (SSSR count). The number of nitriles is 1. The van der Waals surface area contributed by atoms with Crippen LogP contribution in [0, 0.1) is 11.3 Å². The third kappa shape index (κ3) is 3.54. The lowest BCUT2D eigenvalue weighted by Crippen LogP contribution is -2.36. The fourth-order valence-corrected chi connectivity index (χ4v) is 3.08. The highest BCUT2D eigenvalue weighted by Crippen LogP contribution is 2.21. The summed E-state index contributed by atoms with van der Waals surface area (Å²) in [4.78, 5) is 4.27. The number of hydrogen-bond donors (Lipinski definition) is 1. The van der Waals surface area contributed by atoms with Crippen LogP contribution in [0.3, 0.4) is 0 Å². The first-order chi connectivity index (χ1) is 10.3. The number of hydrogen-bond acceptors (Lipinski definition) is 5. The fraction of sp³-hybridized carbons (Fsp3) is 0.312. The molecule has 5 heteroatoms. The van der Waals surface area contributed by atoms with Crippen LogP contribution in [0.5, 0.6) is 0 Å². The molecular formula is C16H17N3OS. The molecule has 0 saturated carbocycles. The third-order valence-corrected chi connectivity index (χ3v) is 4.47. The lowest BCUT2D eigenvalue weighted by atomic mass is 10.2. The summed E-state index contributed by atoms with van der Waals surface area (Å²) in [5, 5.41) is 12.2. The topological polar surface area (TPSA) is 48.3 Å². The first kappa shape index (κ1) is 13.9. The Morgan fingerprint density at radius 3 is 2.57 bits per heavy atom. The van der Waals surface area contributed by atoms with Crippen LogP contribution in [-0.4, -0.2) is 26.3 Å². The van der Waals surface area contributed by atoms with E-state index in [0.717, 1.165) is 43.4 Å². The van der Waals surface area contributed by atoms with Crippen molar-refractivity contribution in [1.82, 2.24) is 0 Å². The van der Waals surface area contributed by atoms with Crippen molar-refractivity contribution < 1.29 is 4.74 Å². The lowest BCUT2D eigenvalue weighted by Gasteiger charge is -2.28. The van der Waals surface area contributed by atoms with Crippen LogP contribution in [0.1, 0.15) is 9.75 Å². The molecule has 0 aliphatic carbocycles. The smallest absolute Gasteiger partial charge is 0.110 e. The Balaban J connectivity index is 1.58. The van der Waals surface area contributed by atoms with E-state index in [2.05, 4.69) is 40.6 Å². The van der Waals surface area contributed by atoms with Crippen molar-refractivity contribution in [2.45, 2.75) is 6.54 Å². The van der Waals surface area contributed by atoms with Crippen LogP contribution >= 0.6 is 11.3 Å². The Bertz CT molecular complexity index is 624. The Morgan fingerprint density at radius 2 is 1.90 bits per heavy atom. The molecule has 0 atom stereocenters. The predicted molar refractivity (Wildman–Crippen MR) is 85.8 cm³/mol. The first-order valence-corrected chi connectivity index (χ1v) is 7.82. The van der Waals surface area contributed by atoms with Gasteiger partial charge in [0.1, 0.15) is 10.9 Å². The van der Waals surface area contributed by atoms with E-state index in [1.54, 1.807) is 0 Å². The molecule has 2 aromatic rings. The standard InChI is InChI=1S/C16H17N3OS/c17-11-15-5-6-16(21-15)12-18-13-1-3-14(4-2-13)19-7-9-20-10-8-19/h1-6,18H,7-10,12H2. The van der Waals surface area contributed by atoms with Crippen LogP contribution in [0.4, 0.5) is 11.4 Å². The summed E-state index contributed by atoms with van der Waals surface area (Å²) >= 11 is 1.53. The summed E-state index contributed by atoms with van der Waals surface area (Å²) in [7, 11) is 0. The number of benzene rings is 1. The van der Waals surface area contributed by atoms with Crippen molar-refractivity contribution in [3.63, 3.8) is 0 Å². The summed E-state index contributed by atoms with van der Waals surface area (Å²) in [6.45, 7) is 4.28. The van der Waals surface area contributed by atoms with Crippen molar-refractivity contribution >= 4 is 22.7 Å². The van der Waals surface area contributed by atoms with Gasteiger partial charge in [0.25, 0.3) is 0 Å². The minimum absolute atomic E-state index is 0.753. The van der Waals surface area contributed by atoms with Crippen LogP contribution < -0.4 is 10.2 Å². The maximum atomic E-state index is 8.82. The predicted octanol–water partition coefficient (Wildman–Crippen LogP) is 3.07. The SMILES string of the molecule is N#Cc1ccc(CNc2ccc(N3CCOCC3)cc2)s1. The Labute approximate surface area is 128 Å². The minimum atomic E-state index is 0.753. The molecule has 4 nitrogen and oxygen atoms in total. The molecular weight excluding hydrogens is 282 g/mol. The molecule has 1 aliphatic rings. The zero-order valence-corrected chi connectivity index (χ0v) is 12.5. The van der Waals surface area contributed by atoms with Gasteiger partial charge in [0.05, 0.1) is 13.2 Å². The second kappa shape index (κ2) is 6.61. The molecule has 0 unspecified atom stereocenters. The van der Waals surface area contributed by atoms with Crippen molar-refractivity contribution in [3.8, 4) is 6.07 Å². The van der Waals surface area contributed by atoms with E-state index in [4.69, 9.17) is 10.00 Å². The largest absolute Gasteiger partial charge is 0.380 e. The average molecular weight is 299 g/mol. The van der Waals surface area contributed by atoms with Crippen molar-refractivity contribution in [2.75, 3.05) is 36.5 Å². The lowest BCUT2D eigenvalue weighted by molar-refractivity contribution is 0.122. The number of ether oxygens (including phenoxy) is 1. The molecule has 1 fully saturated rings. The Morgan fingerprint density at radius 1 is 1.14 bits per heavy atom. The molecule has 0 bridgehead atoms. The fourth-order valence-electron chi connectivity index (χ4n) is 2.33. The van der Waals surface area contributed by atoms with Crippen molar-refractivity contribution in [3.05, 3.63) is 46.2 Å². The van der Waals surface area contributed by atoms with Crippen LogP contribution in [0.15, 0.2) is 36.4 Å². The van der Waals surface area contributed by atoms with Crippen molar-refractivity contribution in [2.24, 2.45) is 0 Å². The van der Waals surface area contributed by atoms with E-state index in [9.17, 15) is 0 Å². The zero-order valence-electron chi connectivity index (χ0n) is 11.7. The molecule has 1 aliphatic heterocycles. The molecule has 1 aromatic heterocycles. The maximum absolute atomic E-state index is 8.82. The molecule has 1 N–H and O–H groups in total. The van der Waals surface area contributed by atoms with Crippen LogP contribution in [-0.2, 0) is 11.3 Å². The monoisotopic (exact) mass is 299 g/mol. The highest BCUT2D eigenvalue weighted by atomic mass is 32.1. The summed E-state index contributed by atoms with van der Waals surface area (Å²) in [6.07, 6.45) is 0. The average Bonchev–Trinajstić information content (AvgIpc) is 3.02. The molecule has 0 radical (unpaired) electrons. The molecule has 1 saturated heterocycles. The Kier molecular flexibility index (Phi) is 4.39. The summed E-state index contributed by atoms with van der Waals surface area (Å²) in [5.74, 6) is 0. The number of thiophene rings is 1. The van der Waals surface area contributed by atoms with E-state index in [-0.39, 0.29) is 0 Å². The third-order valence-electron chi connectivity index (χ3n) is 3.48. The van der Waals surface area contributed by atoms with Gasteiger partial charge in [-0.3, -0.25) is 0 Å². The van der Waals surface area contributed by atoms with Crippen LogP contribution in [0.25, 0.3) is 0 Å². The quantitative estimate of drug-likeness (QED) is 0.942. The second-order valence-corrected chi connectivity index (χ2v) is 6.05. The molecule has 21 heavy (non-hydrogen) atoms. The summed E-state index contributed by atoms with van der Waals surface area (Å²) in [5.41, 5.74) is 2.34. The van der Waals surface area contributed by atoms with Gasteiger partial charge in [-0.1, -0.05) is 0 Å². The van der Waals surface area contributed by atoms with Crippen LogP contribution in [0.2, 0.25) is 0 Å². The van der Waals surface area contributed by atoms with E-state index < -0.39 is 0 Å². The molecule has 0 amide bonds. The maximum Gasteiger partial charge on any atom is 0.110 e. The van der Waals surface area contributed by atoms with Gasteiger partial charge >= 0.3 is 0 Å². The minimum Gasteiger partial charge on any atom is -0.380 e. The number of anilines is 2. The second-order valence-electron chi connectivity index (χ2n) is 4.88. The van der Waals surface area contributed by atoms with Gasteiger partial charge in [-0.25, -0.2) is 0 Å². The number of nitrogens with one attached hydrogen (secondary N) is 1. The number of nitrogens with zero attached hydrogens (tertiary/aromatic N) is 2. The van der Waals surface area contributed by atoms with Crippen molar-refractivity contribution in [1.29, 1.82) is 5.26 Å². The number of morpholine rings is 1.